The summed E-state index contributed by atoms with van der Waals surface area (Å²) >= 11 is 0. The van der Waals surface area contributed by atoms with Gasteiger partial charge in [0.15, 0.2) is 0 Å². The minimum atomic E-state index is -4.63. The lowest BCUT2D eigenvalue weighted by atomic mass is 10.0. The van der Waals surface area contributed by atoms with Crippen LogP contribution in [-0.2, 0) is 55.7 Å². The van der Waals surface area contributed by atoms with Crippen LogP contribution in [0, 0.1) is 0 Å². The molecule has 18 nitrogen and oxygen atoms in total. The van der Waals surface area contributed by atoms with Crippen molar-refractivity contribution in [2.45, 2.75) is 63.3 Å². The molecule has 1 aliphatic rings. The number of amides is 9. The molecule has 1 aromatic carbocycles. The Bertz CT molecular complexity index is 1470. The first-order chi connectivity index (χ1) is 23.9. The van der Waals surface area contributed by atoms with E-state index in [0.29, 0.717) is 0 Å². The number of carbonyl (C=O) groups is 9. The molecule has 0 aromatic heterocycles. The number of carbonyl (C=O) groups excluding carboxylic acids is 9. The Morgan fingerprint density at radius 1 is 0.804 bits per heavy atom. The van der Waals surface area contributed by atoms with E-state index in [1.807, 2.05) is 0 Å². The van der Waals surface area contributed by atoms with Crippen LogP contribution in [0.3, 0.4) is 0 Å². The molecule has 1 fully saturated rings. The predicted octanol–water partition coefficient (Wildman–Crippen LogP) is -3.64. The normalized spacial score (nSPS) is 21.0. The average Bonchev–Trinajstić information content (AvgIpc) is 3.06. The van der Waals surface area contributed by atoms with Crippen LogP contribution in [0.1, 0.15) is 43.7 Å². The average molecular weight is 728 g/mol. The molecular weight excluding hydrogens is 687 g/mol. The summed E-state index contributed by atoms with van der Waals surface area (Å²) in [6, 6.07) is -0.284. The van der Waals surface area contributed by atoms with Gasteiger partial charge in [-0.05, 0) is 37.0 Å². The highest BCUT2D eigenvalue weighted by atomic mass is 19.4. The summed E-state index contributed by atoms with van der Waals surface area (Å²) in [7, 11) is 0. The van der Waals surface area contributed by atoms with Gasteiger partial charge in [-0.25, -0.2) is 0 Å². The zero-order chi connectivity index (χ0) is 38.1. The monoisotopic (exact) mass is 727 g/mol. The number of primary amides is 1. The number of nitrogens with one attached hydrogen (secondary N) is 8. The van der Waals surface area contributed by atoms with E-state index in [-0.39, 0.29) is 44.2 Å². The fraction of sp³-hybridized carbons (Fsp3) is 0.500. The third-order valence-electron chi connectivity index (χ3n) is 7.15. The predicted molar refractivity (Wildman–Crippen MR) is 169 cm³/mol. The smallest absolute Gasteiger partial charge is 0.368 e. The van der Waals surface area contributed by atoms with Crippen molar-refractivity contribution in [1.82, 2.24) is 42.5 Å². The molecule has 0 radical (unpaired) electrons. The van der Waals surface area contributed by atoms with Gasteiger partial charge in [0.25, 0.3) is 0 Å². The van der Waals surface area contributed by atoms with E-state index in [0.717, 1.165) is 31.2 Å². The van der Waals surface area contributed by atoms with Gasteiger partial charge in [-0.1, -0.05) is 12.1 Å². The largest absolute Gasteiger partial charge is 0.416 e. The number of nitrogens with two attached hydrogens (primary N) is 1. The number of rotatable bonds is 6. The molecule has 0 aliphatic carbocycles. The molecule has 21 heteroatoms. The fourth-order valence-corrected chi connectivity index (χ4v) is 4.49. The molecule has 10 N–H and O–H groups in total. The van der Waals surface area contributed by atoms with Crippen molar-refractivity contribution >= 4 is 53.2 Å². The topological polar surface area (TPSA) is 276 Å². The fourth-order valence-electron chi connectivity index (χ4n) is 4.49. The molecule has 3 unspecified atom stereocenters. The highest BCUT2D eigenvalue weighted by Gasteiger charge is 2.31. The standard InChI is InChI=1S/C30H40F3N9O9/c1-16(43)36-13-24(46)41-20-8-9-22(44)35-10-2-3-19(27(34)49)40-25(47)14-37-23(45)12-38-29(51)21(42-26(48)15-39-28(20)50)11-17-4-6-18(7-5-17)30(31,32)33/h4-7,19-21H,2-3,8-15H2,1H3,(H2,34,49)(H,35,44)(H,36,43)(H,37,45)(H,38,51)(H,39,50)(H,40,47)(H,41,46)(H,42,48). The molecular formula is C30H40F3N9O9. The summed E-state index contributed by atoms with van der Waals surface area (Å²) in [4.78, 5) is 111. The van der Waals surface area contributed by atoms with E-state index in [4.69, 9.17) is 5.73 Å². The second-order valence-corrected chi connectivity index (χ2v) is 11.3. The summed E-state index contributed by atoms with van der Waals surface area (Å²) in [6.45, 7) is -1.36. The van der Waals surface area contributed by atoms with Gasteiger partial charge in [0.1, 0.15) is 18.1 Å². The number of halogens is 3. The lowest BCUT2D eigenvalue weighted by Gasteiger charge is -2.21. The van der Waals surface area contributed by atoms with Gasteiger partial charge in [0.05, 0.1) is 31.7 Å². The number of alkyl halides is 3. The highest BCUT2D eigenvalue weighted by molar-refractivity contribution is 5.95. The molecule has 51 heavy (non-hydrogen) atoms. The molecule has 0 bridgehead atoms. The van der Waals surface area contributed by atoms with Gasteiger partial charge >= 0.3 is 6.18 Å². The number of benzene rings is 1. The second kappa shape index (κ2) is 20.0. The Kier molecular flexibility index (Phi) is 16.3. The maximum atomic E-state index is 13.1. The maximum absolute atomic E-state index is 13.1. The molecule has 0 saturated carbocycles. The maximum Gasteiger partial charge on any atom is 0.416 e. The second-order valence-electron chi connectivity index (χ2n) is 11.3. The first kappa shape index (κ1) is 41.4. The summed E-state index contributed by atoms with van der Waals surface area (Å²) < 4.78 is 39.1. The van der Waals surface area contributed by atoms with Crippen LogP contribution in [0.15, 0.2) is 24.3 Å². The van der Waals surface area contributed by atoms with E-state index in [2.05, 4.69) is 42.5 Å². The molecule has 280 valence electrons. The van der Waals surface area contributed by atoms with Crippen molar-refractivity contribution < 1.29 is 56.3 Å². The number of hydrogen-bond acceptors (Lipinski definition) is 9. The van der Waals surface area contributed by atoms with Gasteiger partial charge in [-0.2, -0.15) is 13.2 Å². The van der Waals surface area contributed by atoms with Crippen molar-refractivity contribution in [3.8, 4) is 0 Å². The lowest BCUT2D eigenvalue weighted by Crippen LogP contribution is -2.54. The zero-order valence-electron chi connectivity index (χ0n) is 27.5. The summed E-state index contributed by atoms with van der Waals surface area (Å²) in [6.07, 6.45) is -5.34. The summed E-state index contributed by atoms with van der Waals surface area (Å²) in [5, 5.41) is 18.6. The van der Waals surface area contributed by atoms with Crippen LogP contribution >= 0.6 is 0 Å². The Labute approximate surface area is 289 Å². The molecule has 0 spiro atoms. The number of hydrogen-bond donors (Lipinski definition) is 9. The molecule has 3 atom stereocenters. The Morgan fingerprint density at radius 3 is 2.04 bits per heavy atom. The molecule has 1 aromatic rings. The van der Waals surface area contributed by atoms with Crippen LogP contribution in [0.2, 0.25) is 0 Å². The van der Waals surface area contributed by atoms with Crippen LogP contribution in [0.5, 0.6) is 0 Å². The van der Waals surface area contributed by atoms with E-state index in [9.17, 15) is 56.3 Å². The molecule has 1 heterocycles. The molecule has 1 aliphatic heterocycles. The van der Waals surface area contributed by atoms with Gasteiger partial charge in [0.2, 0.25) is 53.2 Å². The first-order valence-corrected chi connectivity index (χ1v) is 15.6. The minimum Gasteiger partial charge on any atom is -0.368 e. The van der Waals surface area contributed by atoms with Crippen molar-refractivity contribution in [2.75, 3.05) is 32.7 Å². The molecule has 1 saturated heterocycles. The van der Waals surface area contributed by atoms with Gasteiger partial charge in [0, 0.05) is 26.3 Å². The molecule has 2 rings (SSSR count). The highest BCUT2D eigenvalue weighted by Crippen LogP contribution is 2.29. The molecule has 9 amide bonds. The van der Waals surface area contributed by atoms with Crippen LogP contribution in [-0.4, -0.2) is 104 Å². The van der Waals surface area contributed by atoms with Crippen molar-refractivity contribution in [3.05, 3.63) is 35.4 Å². The van der Waals surface area contributed by atoms with E-state index in [1.54, 1.807) is 0 Å². The van der Waals surface area contributed by atoms with E-state index < -0.39 is 109 Å². The van der Waals surface area contributed by atoms with Crippen LogP contribution < -0.4 is 48.3 Å². The SMILES string of the molecule is CC(=O)NCC(=O)NC1CCC(=O)NCCCC(C(N)=O)NC(=O)CNC(=O)CNC(=O)C(Cc2ccc(C(F)(F)F)cc2)NC(=O)CNC1=O. The quantitative estimate of drug-likeness (QED) is 0.140. The zero-order valence-corrected chi connectivity index (χ0v) is 27.5. The Balaban J connectivity index is 2.28. The van der Waals surface area contributed by atoms with Gasteiger partial charge in [-0.3, -0.25) is 43.2 Å². The lowest BCUT2D eigenvalue weighted by molar-refractivity contribution is -0.137. The van der Waals surface area contributed by atoms with Crippen molar-refractivity contribution in [2.24, 2.45) is 5.73 Å². The Hall–Kier alpha value is -5.76. The minimum absolute atomic E-state index is 0.0109. The van der Waals surface area contributed by atoms with Crippen molar-refractivity contribution in [3.63, 3.8) is 0 Å². The third-order valence-corrected chi connectivity index (χ3v) is 7.15. The van der Waals surface area contributed by atoms with Gasteiger partial charge < -0.3 is 48.3 Å². The Morgan fingerprint density at radius 2 is 1.41 bits per heavy atom. The van der Waals surface area contributed by atoms with E-state index >= 15 is 0 Å². The van der Waals surface area contributed by atoms with E-state index in [1.165, 1.54) is 0 Å². The van der Waals surface area contributed by atoms with Gasteiger partial charge in [-0.15, -0.1) is 0 Å². The van der Waals surface area contributed by atoms with Crippen molar-refractivity contribution in [1.29, 1.82) is 0 Å². The summed E-state index contributed by atoms with van der Waals surface area (Å²) in [5.41, 5.74) is 4.58. The third kappa shape index (κ3) is 16.0. The van der Waals surface area contributed by atoms with Crippen LogP contribution in [0.25, 0.3) is 0 Å². The first-order valence-electron chi connectivity index (χ1n) is 15.6. The summed E-state index contributed by atoms with van der Waals surface area (Å²) in [5.74, 6) is -7.21. The van der Waals surface area contributed by atoms with Crippen LogP contribution in [0.4, 0.5) is 13.2 Å².